The van der Waals surface area contributed by atoms with Crippen molar-refractivity contribution in [2.75, 3.05) is 45.9 Å². The Morgan fingerprint density at radius 2 is 1.68 bits per heavy atom. The smallest absolute Gasteiger partial charge is 0.251 e. The molecular weight excluding hydrogens is 358 g/mol. The zero-order chi connectivity index (χ0) is 20.1. The molecule has 2 aliphatic rings. The van der Waals surface area contributed by atoms with E-state index in [4.69, 9.17) is 4.74 Å². The molecule has 1 N–H and O–H groups in total. The van der Waals surface area contributed by atoms with E-state index in [1.165, 1.54) is 0 Å². The van der Waals surface area contributed by atoms with Crippen molar-refractivity contribution in [2.45, 2.75) is 26.7 Å². The quantitative estimate of drug-likeness (QED) is 0.840. The van der Waals surface area contributed by atoms with Crippen molar-refractivity contribution in [3.63, 3.8) is 0 Å². The average molecular weight is 387 g/mol. The number of nitrogens with one attached hydrogen (secondary N) is 1. The summed E-state index contributed by atoms with van der Waals surface area (Å²) in [7, 11) is 0. The number of nitrogens with zero attached hydrogens (tertiary/aromatic N) is 2. The fourth-order valence-electron chi connectivity index (χ4n) is 3.67. The normalized spacial score (nSPS) is 18.1. The summed E-state index contributed by atoms with van der Waals surface area (Å²) in [6.07, 6.45) is 1.35. The number of carbonyl (C=O) groups is 3. The van der Waals surface area contributed by atoms with Crippen LogP contribution in [0.25, 0.3) is 0 Å². The van der Waals surface area contributed by atoms with E-state index in [0.29, 0.717) is 57.8 Å². The van der Waals surface area contributed by atoms with Gasteiger partial charge in [-0.3, -0.25) is 14.4 Å². The average Bonchev–Trinajstić information content (AvgIpc) is 2.74. The molecule has 0 unspecified atom stereocenters. The van der Waals surface area contributed by atoms with Gasteiger partial charge in [0.15, 0.2) is 0 Å². The Kier molecular flexibility index (Phi) is 6.67. The van der Waals surface area contributed by atoms with Crippen LogP contribution in [0, 0.1) is 19.8 Å². The Morgan fingerprint density at radius 3 is 2.32 bits per heavy atom. The van der Waals surface area contributed by atoms with Crippen molar-refractivity contribution in [1.82, 2.24) is 15.1 Å². The highest BCUT2D eigenvalue weighted by Crippen LogP contribution is 2.20. The van der Waals surface area contributed by atoms with Gasteiger partial charge in [-0.15, -0.1) is 0 Å². The minimum absolute atomic E-state index is 0.0200. The van der Waals surface area contributed by atoms with Crippen LogP contribution >= 0.6 is 0 Å². The van der Waals surface area contributed by atoms with Gasteiger partial charge < -0.3 is 19.9 Å². The molecule has 0 spiro atoms. The Hall–Kier alpha value is -2.41. The molecule has 0 radical (unpaired) electrons. The summed E-state index contributed by atoms with van der Waals surface area (Å²) >= 11 is 0. The lowest BCUT2D eigenvalue weighted by Crippen LogP contribution is -2.49. The third kappa shape index (κ3) is 4.90. The summed E-state index contributed by atoms with van der Waals surface area (Å²) in [5.41, 5.74) is 2.74. The molecule has 1 aromatic rings. The summed E-state index contributed by atoms with van der Waals surface area (Å²) < 4.78 is 5.29. The van der Waals surface area contributed by atoms with Crippen molar-refractivity contribution in [1.29, 1.82) is 0 Å². The van der Waals surface area contributed by atoms with E-state index in [0.717, 1.165) is 11.1 Å². The first kappa shape index (κ1) is 20.3. The fourth-order valence-corrected chi connectivity index (χ4v) is 3.67. The number of aryl methyl sites for hydroxylation is 2. The third-order valence-electron chi connectivity index (χ3n) is 5.69. The van der Waals surface area contributed by atoms with Crippen LogP contribution in [0.5, 0.6) is 0 Å². The van der Waals surface area contributed by atoms with Gasteiger partial charge >= 0.3 is 0 Å². The second kappa shape index (κ2) is 9.19. The van der Waals surface area contributed by atoms with Crippen molar-refractivity contribution < 1.29 is 19.1 Å². The zero-order valence-corrected chi connectivity index (χ0v) is 16.7. The Labute approximate surface area is 166 Å². The first-order valence-corrected chi connectivity index (χ1v) is 9.95. The maximum atomic E-state index is 12.6. The van der Waals surface area contributed by atoms with Crippen LogP contribution in [-0.4, -0.2) is 73.5 Å². The van der Waals surface area contributed by atoms with Crippen molar-refractivity contribution >= 4 is 17.7 Å². The minimum atomic E-state index is -0.242. The summed E-state index contributed by atoms with van der Waals surface area (Å²) in [6.45, 7) is 7.55. The first-order chi connectivity index (χ1) is 13.5. The molecule has 3 amide bonds. The Bertz CT molecular complexity index is 735. The molecule has 152 valence electrons. The largest absolute Gasteiger partial charge is 0.378 e. The van der Waals surface area contributed by atoms with Gasteiger partial charge in [0.25, 0.3) is 5.91 Å². The molecule has 7 heteroatoms. The van der Waals surface area contributed by atoms with Crippen LogP contribution in [0.2, 0.25) is 0 Å². The molecule has 0 saturated carbocycles. The summed E-state index contributed by atoms with van der Waals surface area (Å²) in [5, 5.41) is 2.71. The van der Waals surface area contributed by atoms with Gasteiger partial charge in [0.05, 0.1) is 19.8 Å². The van der Waals surface area contributed by atoms with Crippen molar-refractivity contribution in [3.8, 4) is 0 Å². The monoisotopic (exact) mass is 387 g/mol. The van der Waals surface area contributed by atoms with Gasteiger partial charge in [0.2, 0.25) is 11.8 Å². The maximum Gasteiger partial charge on any atom is 0.251 e. The zero-order valence-electron chi connectivity index (χ0n) is 16.7. The highest BCUT2D eigenvalue weighted by Gasteiger charge is 2.30. The van der Waals surface area contributed by atoms with Gasteiger partial charge in [0, 0.05) is 37.7 Å². The number of likely N-dealkylation sites (tertiary alicyclic amines) is 1. The first-order valence-electron chi connectivity index (χ1n) is 9.95. The van der Waals surface area contributed by atoms with Crippen LogP contribution in [0.1, 0.15) is 34.3 Å². The van der Waals surface area contributed by atoms with Crippen LogP contribution in [0.15, 0.2) is 18.2 Å². The number of morpholine rings is 1. The van der Waals surface area contributed by atoms with Gasteiger partial charge in [-0.2, -0.15) is 0 Å². The number of piperidine rings is 1. The highest BCUT2D eigenvalue weighted by molar-refractivity contribution is 5.96. The molecule has 28 heavy (non-hydrogen) atoms. The molecule has 7 nitrogen and oxygen atoms in total. The van der Waals surface area contributed by atoms with Gasteiger partial charge in [-0.25, -0.2) is 0 Å². The molecule has 0 aromatic heterocycles. The van der Waals surface area contributed by atoms with Gasteiger partial charge in [-0.05, 0) is 49.9 Å². The molecule has 2 heterocycles. The Balaban J connectivity index is 1.44. The maximum absolute atomic E-state index is 12.6. The van der Waals surface area contributed by atoms with Crippen molar-refractivity contribution in [3.05, 3.63) is 34.9 Å². The number of carbonyl (C=O) groups excluding carboxylic acids is 3. The number of ether oxygens (including phenoxy) is 1. The summed E-state index contributed by atoms with van der Waals surface area (Å²) in [6, 6.07) is 5.51. The van der Waals surface area contributed by atoms with E-state index in [2.05, 4.69) is 5.32 Å². The number of hydrogen-bond donors (Lipinski definition) is 1. The molecule has 3 rings (SSSR count). The van der Waals surface area contributed by atoms with E-state index in [1.54, 1.807) is 11.0 Å². The van der Waals surface area contributed by atoms with E-state index in [1.807, 2.05) is 30.9 Å². The van der Waals surface area contributed by atoms with Crippen LogP contribution < -0.4 is 5.32 Å². The molecule has 2 saturated heterocycles. The standard InChI is InChI=1S/C21H29N3O4/c1-15-3-4-18(13-16(15)2)20(26)22-14-19(25)23-7-5-17(6-8-23)21(27)24-9-11-28-12-10-24/h3-4,13,17H,5-12,14H2,1-2H3,(H,22,26). The molecule has 0 atom stereocenters. The predicted molar refractivity (Wildman–Crippen MR) is 105 cm³/mol. The molecular formula is C21H29N3O4. The lowest BCUT2D eigenvalue weighted by molar-refractivity contribution is -0.143. The molecule has 0 aliphatic carbocycles. The molecule has 0 bridgehead atoms. The second-order valence-corrected chi connectivity index (χ2v) is 7.57. The Morgan fingerprint density at radius 1 is 1.00 bits per heavy atom. The second-order valence-electron chi connectivity index (χ2n) is 7.57. The fraction of sp³-hybridized carbons (Fsp3) is 0.571. The lowest BCUT2D eigenvalue weighted by atomic mass is 9.95. The third-order valence-corrected chi connectivity index (χ3v) is 5.69. The molecule has 2 aliphatic heterocycles. The minimum Gasteiger partial charge on any atom is -0.378 e. The van der Waals surface area contributed by atoms with Gasteiger partial charge in [-0.1, -0.05) is 6.07 Å². The van der Waals surface area contributed by atoms with Crippen LogP contribution in [0.4, 0.5) is 0 Å². The van der Waals surface area contributed by atoms with E-state index in [-0.39, 0.29) is 30.2 Å². The number of hydrogen-bond acceptors (Lipinski definition) is 4. The summed E-state index contributed by atoms with van der Waals surface area (Å²) in [5.74, 6) is -0.186. The highest BCUT2D eigenvalue weighted by atomic mass is 16.5. The van der Waals surface area contributed by atoms with E-state index >= 15 is 0 Å². The predicted octanol–water partition coefficient (Wildman–Crippen LogP) is 1.13. The van der Waals surface area contributed by atoms with Crippen LogP contribution in [-0.2, 0) is 14.3 Å². The number of rotatable bonds is 4. The van der Waals surface area contributed by atoms with Gasteiger partial charge in [0.1, 0.15) is 0 Å². The number of benzene rings is 1. The van der Waals surface area contributed by atoms with Crippen LogP contribution in [0.3, 0.4) is 0 Å². The molecule has 1 aromatic carbocycles. The summed E-state index contributed by atoms with van der Waals surface area (Å²) in [4.78, 5) is 40.9. The molecule has 2 fully saturated rings. The van der Waals surface area contributed by atoms with E-state index < -0.39 is 0 Å². The topological polar surface area (TPSA) is 79.0 Å². The SMILES string of the molecule is Cc1ccc(C(=O)NCC(=O)N2CCC(C(=O)N3CCOCC3)CC2)cc1C. The van der Waals surface area contributed by atoms with Crippen molar-refractivity contribution in [2.24, 2.45) is 5.92 Å². The lowest BCUT2D eigenvalue weighted by Gasteiger charge is -2.35. The number of amides is 3. The van der Waals surface area contributed by atoms with E-state index in [9.17, 15) is 14.4 Å².